The number of nitrogens with two attached hydrogens (primary N) is 1. The fourth-order valence-electron chi connectivity index (χ4n) is 1.20. The van der Waals surface area contributed by atoms with Gasteiger partial charge in [-0.15, -0.1) is 0 Å². The molecule has 0 aliphatic heterocycles. The number of amides is 1. The number of carbonyl (C=O) groups is 1. The van der Waals surface area contributed by atoms with Crippen LogP contribution < -0.4 is 11.1 Å². The van der Waals surface area contributed by atoms with Gasteiger partial charge in [-0.2, -0.15) is 0 Å². The highest BCUT2D eigenvalue weighted by Crippen LogP contribution is 2.19. The second-order valence-corrected chi connectivity index (χ2v) is 5.00. The van der Waals surface area contributed by atoms with Gasteiger partial charge in [0.25, 0.3) is 0 Å². The van der Waals surface area contributed by atoms with Gasteiger partial charge in [0.1, 0.15) is 5.82 Å². The number of hydrogen-bond acceptors (Lipinski definition) is 3. The van der Waals surface area contributed by atoms with E-state index in [1.54, 1.807) is 6.20 Å². The van der Waals surface area contributed by atoms with Gasteiger partial charge >= 0.3 is 0 Å². The zero-order valence-corrected chi connectivity index (χ0v) is 10.2. The lowest BCUT2D eigenvalue weighted by atomic mass is 9.87. The maximum atomic E-state index is 11.8. The first-order chi connectivity index (χ1) is 7.32. The summed E-state index contributed by atoms with van der Waals surface area (Å²) >= 11 is 0. The molecule has 0 bridgehead atoms. The number of pyridine rings is 1. The van der Waals surface area contributed by atoms with Crippen LogP contribution in [0.15, 0.2) is 18.3 Å². The summed E-state index contributed by atoms with van der Waals surface area (Å²) in [7, 11) is 0. The first-order valence-electron chi connectivity index (χ1n) is 5.30. The highest BCUT2D eigenvalue weighted by atomic mass is 16.2. The summed E-state index contributed by atoms with van der Waals surface area (Å²) in [6.45, 7) is 7.69. The summed E-state index contributed by atoms with van der Waals surface area (Å²) in [4.78, 5) is 15.9. The third-order valence-electron chi connectivity index (χ3n) is 2.47. The number of nitrogens with zero attached hydrogens (tertiary/aromatic N) is 1. The average molecular weight is 221 g/mol. The number of aryl methyl sites for hydroxylation is 1. The summed E-state index contributed by atoms with van der Waals surface area (Å²) in [5, 5.41) is 2.74. The summed E-state index contributed by atoms with van der Waals surface area (Å²) < 4.78 is 0. The molecule has 0 aliphatic carbocycles. The molecule has 1 aromatic rings. The smallest absolute Gasteiger partial charge is 0.242 e. The van der Waals surface area contributed by atoms with Crippen molar-refractivity contribution in [2.75, 3.05) is 5.32 Å². The standard InChI is InChI=1S/C12H19N3O/c1-8-6-5-7-14-10(8)15-11(16)9(13)12(2,3)4/h5-7,9H,13H2,1-4H3,(H,14,15,16). The number of anilines is 1. The second kappa shape index (κ2) is 4.61. The molecule has 0 saturated heterocycles. The molecule has 1 amide bonds. The summed E-state index contributed by atoms with van der Waals surface area (Å²) in [6, 6.07) is 3.17. The van der Waals surface area contributed by atoms with Crippen molar-refractivity contribution in [2.24, 2.45) is 11.1 Å². The third-order valence-corrected chi connectivity index (χ3v) is 2.47. The minimum atomic E-state index is -0.547. The zero-order valence-electron chi connectivity index (χ0n) is 10.2. The highest BCUT2D eigenvalue weighted by molar-refractivity contribution is 5.94. The van der Waals surface area contributed by atoms with Crippen LogP contribution in [0.2, 0.25) is 0 Å². The van der Waals surface area contributed by atoms with Gasteiger partial charge in [-0.3, -0.25) is 4.79 Å². The molecule has 1 heterocycles. The van der Waals surface area contributed by atoms with Crippen LogP contribution in [-0.4, -0.2) is 16.9 Å². The van der Waals surface area contributed by atoms with Gasteiger partial charge < -0.3 is 11.1 Å². The van der Waals surface area contributed by atoms with Gasteiger partial charge in [0.15, 0.2) is 0 Å². The minimum absolute atomic E-state index is 0.200. The van der Waals surface area contributed by atoms with Gasteiger partial charge in [0.2, 0.25) is 5.91 Å². The van der Waals surface area contributed by atoms with Crippen molar-refractivity contribution >= 4 is 11.7 Å². The molecular formula is C12H19N3O. The Morgan fingerprint density at radius 2 is 2.12 bits per heavy atom. The largest absolute Gasteiger partial charge is 0.319 e. The summed E-state index contributed by atoms with van der Waals surface area (Å²) in [6.07, 6.45) is 1.64. The fourth-order valence-corrected chi connectivity index (χ4v) is 1.20. The van der Waals surface area contributed by atoms with Gasteiger partial charge in [0, 0.05) is 6.20 Å². The first kappa shape index (κ1) is 12.6. The van der Waals surface area contributed by atoms with E-state index >= 15 is 0 Å². The van der Waals surface area contributed by atoms with Gasteiger partial charge in [-0.1, -0.05) is 26.8 Å². The zero-order chi connectivity index (χ0) is 12.3. The lowest BCUT2D eigenvalue weighted by Crippen LogP contribution is -2.45. The third kappa shape index (κ3) is 3.03. The predicted molar refractivity (Wildman–Crippen MR) is 65.0 cm³/mol. The van der Waals surface area contributed by atoms with Crippen molar-refractivity contribution in [3.8, 4) is 0 Å². The normalized spacial score (nSPS) is 13.3. The van der Waals surface area contributed by atoms with E-state index in [1.165, 1.54) is 0 Å². The average Bonchev–Trinajstić information content (AvgIpc) is 2.19. The maximum absolute atomic E-state index is 11.8. The van der Waals surface area contributed by atoms with E-state index in [0.29, 0.717) is 5.82 Å². The quantitative estimate of drug-likeness (QED) is 0.798. The van der Waals surface area contributed by atoms with Crippen LogP contribution in [-0.2, 0) is 4.79 Å². The van der Waals surface area contributed by atoms with E-state index in [2.05, 4.69) is 10.3 Å². The maximum Gasteiger partial charge on any atom is 0.242 e. The molecule has 0 spiro atoms. The molecular weight excluding hydrogens is 202 g/mol. The van der Waals surface area contributed by atoms with Crippen LogP contribution >= 0.6 is 0 Å². The number of rotatable bonds is 2. The molecule has 0 aliphatic rings. The van der Waals surface area contributed by atoms with Gasteiger partial charge in [0.05, 0.1) is 6.04 Å². The molecule has 4 nitrogen and oxygen atoms in total. The fraction of sp³-hybridized carbons (Fsp3) is 0.500. The number of nitrogens with one attached hydrogen (secondary N) is 1. The lowest BCUT2D eigenvalue weighted by Gasteiger charge is -2.25. The molecule has 0 fully saturated rings. The van der Waals surface area contributed by atoms with Crippen LogP contribution in [0.3, 0.4) is 0 Å². The molecule has 1 atom stereocenters. The van der Waals surface area contributed by atoms with Crippen LogP contribution in [0.1, 0.15) is 26.3 Å². The van der Waals surface area contributed by atoms with Gasteiger partial charge in [-0.25, -0.2) is 4.98 Å². The number of aromatic nitrogens is 1. The van der Waals surface area contributed by atoms with Crippen molar-refractivity contribution in [1.82, 2.24) is 4.98 Å². The van der Waals surface area contributed by atoms with Crippen LogP contribution in [0.25, 0.3) is 0 Å². The van der Waals surface area contributed by atoms with Crippen molar-refractivity contribution in [2.45, 2.75) is 33.7 Å². The Hall–Kier alpha value is -1.42. The Morgan fingerprint density at radius 3 is 2.62 bits per heavy atom. The summed E-state index contributed by atoms with van der Waals surface area (Å²) in [5.74, 6) is 0.376. The molecule has 1 rings (SSSR count). The first-order valence-corrected chi connectivity index (χ1v) is 5.30. The second-order valence-electron chi connectivity index (χ2n) is 5.00. The SMILES string of the molecule is Cc1cccnc1NC(=O)C(N)C(C)(C)C. The Kier molecular flexibility index (Phi) is 3.65. The Labute approximate surface area is 96.3 Å². The molecule has 88 valence electrons. The molecule has 0 saturated carbocycles. The Morgan fingerprint density at radius 1 is 1.50 bits per heavy atom. The molecule has 1 aromatic heterocycles. The van der Waals surface area contributed by atoms with E-state index in [-0.39, 0.29) is 11.3 Å². The molecule has 1 unspecified atom stereocenters. The van der Waals surface area contributed by atoms with Crippen molar-refractivity contribution in [1.29, 1.82) is 0 Å². The van der Waals surface area contributed by atoms with Crippen LogP contribution in [0.5, 0.6) is 0 Å². The lowest BCUT2D eigenvalue weighted by molar-refractivity contribution is -0.119. The van der Waals surface area contributed by atoms with Crippen molar-refractivity contribution in [3.63, 3.8) is 0 Å². The molecule has 16 heavy (non-hydrogen) atoms. The molecule has 0 radical (unpaired) electrons. The van der Waals surface area contributed by atoms with E-state index in [1.807, 2.05) is 39.8 Å². The predicted octanol–water partition coefficient (Wildman–Crippen LogP) is 1.70. The Bertz CT molecular complexity index is 382. The van der Waals surface area contributed by atoms with E-state index in [4.69, 9.17) is 5.73 Å². The monoisotopic (exact) mass is 221 g/mol. The summed E-state index contributed by atoms with van der Waals surface area (Å²) in [5.41, 5.74) is 6.52. The van der Waals surface area contributed by atoms with Crippen LogP contribution in [0, 0.1) is 12.3 Å². The van der Waals surface area contributed by atoms with Gasteiger partial charge in [-0.05, 0) is 24.0 Å². The Balaban J connectivity index is 2.76. The number of hydrogen-bond donors (Lipinski definition) is 2. The van der Waals surface area contributed by atoms with E-state index < -0.39 is 6.04 Å². The molecule has 4 heteroatoms. The molecule has 3 N–H and O–H groups in total. The molecule has 0 aromatic carbocycles. The number of carbonyl (C=O) groups excluding carboxylic acids is 1. The van der Waals surface area contributed by atoms with Crippen molar-refractivity contribution < 1.29 is 4.79 Å². The minimum Gasteiger partial charge on any atom is -0.319 e. The highest BCUT2D eigenvalue weighted by Gasteiger charge is 2.27. The van der Waals surface area contributed by atoms with Crippen LogP contribution in [0.4, 0.5) is 5.82 Å². The van der Waals surface area contributed by atoms with E-state index in [0.717, 1.165) is 5.56 Å². The van der Waals surface area contributed by atoms with Crippen molar-refractivity contribution in [3.05, 3.63) is 23.9 Å². The topological polar surface area (TPSA) is 68.0 Å². The van der Waals surface area contributed by atoms with E-state index in [9.17, 15) is 4.79 Å².